The van der Waals surface area contributed by atoms with Crippen molar-refractivity contribution in [2.45, 2.75) is 12.6 Å². The highest BCUT2D eigenvalue weighted by Crippen LogP contribution is 2.38. The van der Waals surface area contributed by atoms with E-state index in [9.17, 15) is 22.8 Å². The molecule has 0 saturated heterocycles. The molecule has 39 heavy (non-hydrogen) atoms. The molecule has 3 aromatic carbocycles. The number of nitrogens with two attached hydrogens (primary N) is 1. The summed E-state index contributed by atoms with van der Waals surface area (Å²) in [5.74, 6) is -3.52. The quantitative estimate of drug-likeness (QED) is 0.328. The van der Waals surface area contributed by atoms with Crippen LogP contribution in [0.3, 0.4) is 0 Å². The van der Waals surface area contributed by atoms with E-state index in [1.165, 1.54) is 5.56 Å². The SMILES string of the molecule is CN(C)CCc1ccc(NC(=C2C(=O)Nc3cc(C(N)=O)ccc32)c2ccccc2)cc1.O=C(O)C(F)(F)F. The molecule has 0 aromatic heterocycles. The molecule has 1 aliphatic heterocycles. The lowest BCUT2D eigenvalue weighted by molar-refractivity contribution is -0.192. The lowest BCUT2D eigenvalue weighted by Gasteiger charge is -2.15. The number of fused-ring (bicyclic) bond motifs is 1. The molecule has 1 aliphatic rings. The van der Waals surface area contributed by atoms with Crippen molar-refractivity contribution in [2.75, 3.05) is 31.3 Å². The summed E-state index contributed by atoms with van der Waals surface area (Å²) in [6.07, 6.45) is -4.11. The average Bonchev–Trinajstić information content (AvgIpc) is 3.21. The lowest BCUT2D eigenvalue weighted by atomic mass is 9.99. The lowest BCUT2D eigenvalue weighted by Crippen LogP contribution is -2.21. The number of likely N-dealkylation sites (N-methyl/N-ethyl adjacent to an activating group) is 1. The third-order valence-electron chi connectivity index (χ3n) is 5.67. The Morgan fingerprint density at radius 3 is 2.13 bits per heavy atom. The van der Waals surface area contributed by atoms with Gasteiger partial charge in [0.05, 0.1) is 11.3 Å². The smallest absolute Gasteiger partial charge is 0.475 e. The third kappa shape index (κ3) is 7.68. The van der Waals surface area contributed by atoms with Crippen LogP contribution in [0.25, 0.3) is 11.3 Å². The predicted molar refractivity (Wildman–Crippen MR) is 143 cm³/mol. The number of nitrogens with one attached hydrogen (secondary N) is 2. The van der Waals surface area contributed by atoms with Gasteiger partial charge in [-0.3, -0.25) is 9.59 Å². The topological polar surface area (TPSA) is 125 Å². The first-order valence-electron chi connectivity index (χ1n) is 11.7. The Kier molecular flexibility index (Phi) is 9.10. The van der Waals surface area contributed by atoms with Crippen molar-refractivity contribution < 1.29 is 32.7 Å². The van der Waals surface area contributed by atoms with Crippen molar-refractivity contribution >= 4 is 40.4 Å². The van der Waals surface area contributed by atoms with E-state index in [1.54, 1.807) is 18.2 Å². The van der Waals surface area contributed by atoms with Crippen molar-refractivity contribution in [3.63, 3.8) is 0 Å². The zero-order valence-corrected chi connectivity index (χ0v) is 21.2. The van der Waals surface area contributed by atoms with Crippen molar-refractivity contribution in [3.05, 3.63) is 95.1 Å². The molecule has 8 nitrogen and oxygen atoms in total. The number of hydrogen-bond donors (Lipinski definition) is 4. The van der Waals surface area contributed by atoms with Gasteiger partial charge < -0.3 is 26.4 Å². The zero-order valence-electron chi connectivity index (χ0n) is 21.2. The van der Waals surface area contributed by atoms with Gasteiger partial charge in [-0.15, -0.1) is 0 Å². The van der Waals surface area contributed by atoms with Gasteiger partial charge in [-0.25, -0.2) is 4.79 Å². The van der Waals surface area contributed by atoms with Crippen LogP contribution >= 0.6 is 0 Å². The fourth-order valence-electron chi connectivity index (χ4n) is 3.71. The number of carbonyl (C=O) groups is 3. The second-order valence-corrected chi connectivity index (χ2v) is 8.87. The number of rotatable bonds is 7. The van der Waals surface area contributed by atoms with Crippen molar-refractivity contribution in [1.82, 2.24) is 4.90 Å². The summed E-state index contributed by atoms with van der Waals surface area (Å²) in [7, 11) is 4.12. The summed E-state index contributed by atoms with van der Waals surface area (Å²) >= 11 is 0. The molecule has 4 rings (SSSR count). The molecule has 0 aliphatic carbocycles. The molecule has 0 saturated carbocycles. The number of carbonyl (C=O) groups excluding carboxylic acids is 2. The van der Waals surface area contributed by atoms with E-state index in [0.29, 0.717) is 22.5 Å². The molecule has 2 amide bonds. The van der Waals surface area contributed by atoms with Crippen LogP contribution in [0.4, 0.5) is 24.5 Å². The molecule has 0 bridgehead atoms. The average molecular weight is 541 g/mol. The number of aliphatic carboxylic acids is 1. The fourth-order valence-corrected chi connectivity index (χ4v) is 3.71. The summed E-state index contributed by atoms with van der Waals surface area (Å²) in [5.41, 5.74) is 11.3. The highest BCUT2D eigenvalue weighted by molar-refractivity contribution is 6.37. The molecule has 5 N–H and O–H groups in total. The van der Waals surface area contributed by atoms with Crippen LogP contribution in [0.2, 0.25) is 0 Å². The predicted octanol–water partition coefficient (Wildman–Crippen LogP) is 4.46. The number of alkyl halides is 3. The standard InChI is InChI=1S/C26H26N4O2.C2HF3O2/c1-30(2)15-14-17-8-11-20(12-9-17)28-24(18-6-4-3-5-7-18)23-21-13-10-19(25(27)31)16-22(21)29-26(23)32;3-2(4,5)1(6)7/h3-13,16,28H,14-15H2,1-2H3,(H2,27,31)(H,29,32);(H,6,7). The second kappa shape index (κ2) is 12.3. The molecule has 0 atom stereocenters. The summed E-state index contributed by atoms with van der Waals surface area (Å²) in [6, 6.07) is 23.0. The Balaban J connectivity index is 0.000000532. The number of carboxylic acid groups (broad SMARTS) is 1. The van der Waals surface area contributed by atoms with Gasteiger partial charge in [-0.05, 0) is 55.9 Å². The van der Waals surface area contributed by atoms with Crippen molar-refractivity contribution in [3.8, 4) is 0 Å². The number of anilines is 2. The van der Waals surface area contributed by atoms with Gasteiger partial charge in [0.25, 0.3) is 5.91 Å². The molecule has 0 unspecified atom stereocenters. The van der Waals surface area contributed by atoms with Crippen LogP contribution in [-0.4, -0.2) is 54.6 Å². The number of halogens is 3. The minimum absolute atomic E-state index is 0.226. The molecular formula is C28H27F3N4O4. The highest BCUT2D eigenvalue weighted by Gasteiger charge is 2.38. The summed E-state index contributed by atoms with van der Waals surface area (Å²) in [6.45, 7) is 0.982. The Labute approximate surface area is 222 Å². The first-order valence-corrected chi connectivity index (χ1v) is 11.7. The molecule has 1 heterocycles. The molecule has 0 spiro atoms. The number of nitrogens with zero attached hydrogens (tertiary/aromatic N) is 1. The van der Waals surface area contributed by atoms with E-state index < -0.39 is 18.1 Å². The van der Waals surface area contributed by atoms with Gasteiger partial charge in [0.15, 0.2) is 0 Å². The van der Waals surface area contributed by atoms with Gasteiger partial charge in [-0.1, -0.05) is 48.5 Å². The number of hydrogen-bond acceptors (Lipinski definition) is 5. The van der Waals surface area contributed by atoms with E-state index in [2.05, 4.69) is 41.8 Å². The molecule has 0 fully saturated rings. The van der Waals surface area contributed by atoms with E-state index in [4.69, 9.17) is 15.6 Å². The van der Waals surface area contributed by atoms with E-state index >= 15 is 0 Å². The summed E-state index contributed by atoms with van der Waals surface area (Å²) in [5, 5.41) is 13.4. The van der Waals surface area contributed by atoms with Gasteiger partial charge in [0.2, 0.25) is 5.91 Å². The molecule has 0 radical (unpaired) electrons. The highest BCUT2D eigenvalue weighted by atomic mass is 19.4. The fraction of sp³-hybridized carbons (Fsp3) is 0.179. The number of carboxylic acids is 1. The van der Waals surface area contributed by atoms with Crippen LogP contribution in [0.1, 0.15) is 27.0 Å². The first kappa shape index (κ1) is 28.9. The first-order chi connectivity index (χ1) is 18.4. The zero-order chi connectivity index (χ0) is 28.7. The molecule has 11 heteroatoms. The molecule has 204 valence electrons. The van der Waals surface area contributed by atoms with Gasteiger partial charge in [0.1, 0.15) is 0 Å². The number of amides is 2. The molecule has 3 aromatic rings. The normalized spacial score (nSPS) is 13.6. The Morgan fingerprint density at radius 1 is 0.974 bits per heavy atom. The Morgan fingerprint density at radius 2 is 1.59 bits per heavy atom. The minimum Gasteiger partial charge on any atom is -0.475 e. The maximum atomic E-state index is 13.0. The van der Waals surface area contributed by atoms with Crippen molar-refractivity contribution in [1.29, 1.82) is 0 Å². The van der Waals surface area contributed by atoms with Crippen LogP contribution in [-0.2, 0) is 16.0 Å². The van der Waals surface area contributed by atoms with Crippen LogP contribution in [0, 0.1) is 0 Å². The van der Waals surface area contributed by atoms with Crippen LogP contribution in [0.5, 0.6) is 0 Å². The largest absolute Gasteiger partial charge is 0.490 e. The maximum Gasteiger partial charge on any atom is 0.490 e. The van der Waals surface area contributed by atoms with E-state index in [0.717, 1.165) is 29.8 Å². The van der Waals surface area contributed by atoms with Crippen LogP contribution < -0.4 is 16.4 Å². The minimum atomic E-state index is -5.08. The van der Waals surface area contributed by atoms with E-state index in [1.807, 2.05) is 42.5 Å². The summed E-state index contributed by atoms with van der Waals surface area (Å²) in [4.78, 5) is 35.6. The monoisotopic (exact) mass is 540 g/mol. The second-order valence-electron chi connectivity index (χ2n) is 8.87. The Bertz CT molecular complexity index is 1390. The third-order valence-corrected chi connectivity index (χ3v) is 5.67. The van der Waals surface area contributed by atoms with E-state index in [-0.39, 0.29) is 5.91 Å². The number of primary amides is 1. The molecular weight excluding hydrogens is 513 g/mol. The number of benzene rings is 3. The van der Waals surface area contributed by atoms with Crippen molar-refractivity contribution in [2.24, 2.45) is 5.73 Å². The van der Waals surface area contributed by atoms with Gasteiger partial charge in [-0.2, -0.15) is 13.2 Å². The van der Waals surface area contributed by atoms with Crippen LogP contribution in [0.15, 0.2) is 72.8 Å². The van der Waals surface area contributed by atoms with Gasteiger partial charge in [0, 0.05) is 29.0 Å². The maximum absolute atomic E-state index is 13.0. The van der Waals surface area contributed by atoms with Gasteiger partial charge >= 0.3 is 12.1 Å². The Hall–Kier alpha value is -4.64. The summed E-state index contributed by atoms with van der Waals surface area (Å²) < 4.78 is 31.7.